The second-order valence-electron chi connectivity index (χ2n) is 3.94. The third kappa shape index (κ3) is 1.39. The number of carboxylic acids is 1. The Kier molecular flexibility index (Phi) is 2.46. The zero-order chi connectivity index (χ0) is 11.9. The van der Waals surface area contributed by atoms with Crippen molar-refractivity contribution < 1.29 is 9.90 Å². The van der Waals surface area contributed by atoms with E-state index >= 15 is 0 Å². The zero-order valence-electron chi connectivity index (χ0n) is 9.36. The molecule has 2 heterocycles. The van der Waals surface area contributed by atoms with Crippen LogP contribution < -0.4 is 10.5 Å². The third-order valence-electron chi connectivity index (χ3n) is 2.98. The highest BCUT2D eigenvalue weighted by atomic mass is 16.4. The molecule has 0 saturated heterocycles. The Balaban J connectivity index is 2.80. The number of pyridine rings is 1. The van der Waals surface area contributed by atoms with Crippen molar-refractivity contribution in [1.29, 1.82) is 0 Å². The van der Waals surface area contributed by atoms with E-state index in [0.717, 1.165) is 0 Å². The second kappa shape index (κ2) is 3.66. The molecule has 1 aromatic heterocycles. The van der Waals surface area contributed by atoms with Gasteiger partial charge in [0.1, 0.15) is 11.4 Å². The van der Waals surface area contributed by atoms with Crippen molar-refractivity contribution in [2.45, 2.75) is 19.9 Å². The summed E-state index contributed by atoms with van der Waals surface area (Å²) in [5.41, 5.74) is 0.765. The summed E-state index contributed by atoms with van der Waals surface area (Å²) in [4.78, 5) is 24.8. The Morgan fingerprint density at radius 1 is 1.50 bits per heavy atom. The van der Waals surface area contributed by atoms with E-state index in [-0.39, 0.29) is 11.1 Å². The maximum absolute atomic E-state index is 11.8. The largest absolute Gasteiger partial charge is 0.478 e. The van der Waals surface area contributed by atoms with Crippen LogP contribution in [-0.4, -0.2) is 29.2 Å². The Hall–Kier alpha value is -1.78. The van der Waals surface area contributed by atoms with Gasteiger partial charge in [-0.2, -0.15) is 0 Å². The van der Waals surface area contributed by atoms with Crippen LogP contribution in [0.1, 0.15) is 22.8 Å². The number of rotatable bonds is 2. The van der Waals surface area contributed by atoms with Gasteiger partial charge in [-0.1, -0.05) is 6.92 Å². The van der Waals surface area contributed by atoms with E-state index in [4.69, 9.17) is 0 Å². The second-order valence-corrected chi connectivity index (χ2v) is 3.94. The number of anilines is 1. The van der Waals surface area contributed by atoms with E-state index in [1.165, 1.54) is 10.6 Å². The molecule has 86 valence electrons. The average molecular weight is 222 g/mol. The SMILES string of the molecule is CCc1cc(=O)n2c(c1C(=O)O)N(C)CC2. The molecule has 0 aromatic carbocycles. The van der Waals surface area contributed by atoms with Gasteiger partial charge < -0.3 is 10.0 Å². The molecule has 1 aliphatic rings. The number of carboxylic acid groups (broad SMARTS) is 1. The molecule has 0 spiro atoms. The number of likely N-dealkylation sites (N-methyl/N-ethyl adjacent to an activating group) is 1. The quantitative estimate of drug-likeness (QED) is 0.794. The first-order valence-electron chi connectivity index (χ1n) is 5.27. The number of hydrogen-bond acceptors (Lipinski definition) is 3. The summed E-state index contributed by atoms with van der Waals surface area (Å²) in [5, 5.41) is 9.23. The topological polar surface area (TPSA) is 62.5 Å². The van der Waals surface area contributed by atoms with Crippen LogP contribution in [0.4, 0.5) is 5.82 Å². The van der Waals surface area contributed by atoms with Crippen molar-refractivity contribution in [1.82, 2.24) is 4.57 Å². The molecule has 16 heavy (non-hydrogen) atoms. The molecule has 0 unspecified atom stereocenters. The Morgan fingerprint density at radius 3 is 2.75 bits per heavy atom. The fourth-order valence-electron chi connectivity index (χ4n) is 2.16. The van der Waals surface area contributed by atoms with E-state index in [1.807, 2.05) is 18.9 Å². The number of hydrogen-bond donors (Lipinski definition) is 1. The maximum atomic E-state index is 11.8. The highest BCUT2D eigenvalue weighted by Gasteiger charge is 2.26. The van der Waals surface area contributed by atoms with Crippen LogP contribution in [0.25, 0.3) is 0 Å². The molecule has 0 atom stereocenters. The summed E-state index contributed by atoms with van der Waals surface area (Å²) < 4.78 is 1.53. The molecule has 1 aromatic rings. The lowest BCUT2D eigenvalue weighted by atomic mass is 10.1. The van der Waals surface area contributed by atoms with Crippen molar-refractivity contribution in [3.63, 3.8) is 0 Å². The number of aryl methyl sites for hydroxylation is 1. The van der Waals surface area contributed by atoms with Gasteiger partial charge in [0.25, 0.3) is 5.56 Å². The summed E-state index contributed by atoms with van der Waals surface area (Å²) >= 11 is 0. The maximum Gasteiger partial charge on any atom is 0.339 e. The molecule has 0 saturated carbocycles. The molecule has 5 heteroatoms. The van der Waals surface area contributed by atoms with Gasteiger partial charge in [-0.05, 0) is 12.0 Å². The summed E-state index contributed by atoms with van der Waals surface area (Å²) in [6, 6.07) is 1.44. The molecule has 5 nitrogen and oxygen atoms in total. The number of aromatic nitrogens is 1. The van der Waals surface area contributed by atoms with Crippen LogP contribution in [0.2, 0.25) is 0 Å². The molecule has 1 N–H and O–H groups in total. The zero-order valence-corrected chi connectivity index (χ0v) is 9.36. The van der Waals surface area contributed by atoms with E-state index in [2.05, 4.69) is 0 Å². The van der Waals surface area contributed by atoms with Crippen molar-refractivity contribution in [3.05, 3.63) is 27.5 Å². The fraction of sp³-hybridized carbons (Fsp3) is 0.455. The minimum absolute atomic E-state index is 0.110. The molecule has 0 fully saturated rings. The predicted molar refractivity (Wildman–Crippen MR) is 60.3 cm³/mol. The first kappa shape index (κ1) is 10.7. The minimum Gasteiger partial charge on any atom is -0.478 e. The summed E-state index contributed by atoms with van der Waals surface area (Å²) in [7, 11) is 1.81. The lowest BCUT2D eigenvalue weighted by Gasteiger charge is -2.16. The highest BCUT2D eigenvalue weighted by molar-refractivity contribution is 5.95. The Bertz CT molecular complexity index is 505. The van der Waals surface area contributed by atoms with Gasteiger partial charge in [0, 0.05) is 26.2 Å². The summed E-state index contributed by atoms with van der Waals surface area (Å²) in [6.07, 6.45) is 0.554. The highest BCUT2D eigenvalue weighted by Crippen LogP contribution is 2.25. The monoisotopic (exact) mass is 222 g/mol. The molecule has 0 radical (unpaired) electrons. The standard InChI is InChI=1S/C11H14N2O3/c1-3-7-6-8(14)13-5-4-12(2)10(13)9(7)11(15)16/h6H,3-5H2,1-2H3,(H,15,16). The Labute approximate surface area is 92.9 Å². The van der Waals surface area contributed by atoms with E-state index < -0.39 is 5.97 Å². The van der Waals surface area contributed by atoms with Crippen LogP contribution in [0.3, 0.4) is 0 Å². The minimum atomic E-state index is -0.964. The number of fused-ring (bicyclic) bond motifs is 1. The van der Waals surface area contributed by atoms with Gasteiger partial charge in [0.05, 0.1) is 0 Å². The van der Waals surface area contributed by atoms with Crippen LogP contribution in [-0.2, 0) is 13.0 Å². The van der Waals surface area contributed by atoms with E-state index in [0.29, 0.717) is 30.9 Å². The normalized spacial score (nSPS) is 14.0. The molecule has 2 rings (SSSR count). The molecule has 0 bridgehead atoms. The number of aromatic carboxylic acids is 1. The van der Waals surface area contributed by atoms with Crippen molar-refractivity contribution in [3.8, 4) is 0 Å². The van der Waals surface area contributed by atoms with E-state index in [1.54, 1.807) is 0 Å². The van der Waals surface area contributed by atoms with Crippen molar-refractivity contribution >= 4 is 11.8 Å². The number of nitrogens with zero attached hydrogens (tertiary/aromatic N) is 2. The van der Waals surface area contributed by atoms with Crippen molar-refractivity contribution in [2.75, 3.05) is 18.5 Å². The van der Waals surface area contributed by atoms with Gasteiger partial charge in [-0.3, -0.25) is 9.36 Å². The third-order valence-corrected chi connectivity index (χ3v) is 2.98. The van der Waals surface area contributed by atoms with Crippen LogP contribution in [0.5, 0.6) is 0 Å². The lowest BCUT2D eigenvalue weighted by molar-refractivity contribution is 0.0696. The molecule has 1 aliphatic heterocycles. The predicted octanol–water partition coefficient (Wildman–Crippen LogP) is 0.559. The smallest absolute Gasteiger partial charge is 0.339 e. The molecular formula is C11H14N2O3. The fourth-order valence-corrected chi connectivity index (χ4v) is 2.16. The van der Waals surface area contributed by atoms with E-state index in [9.17, 15) is 14.7 Å². The van der Waals surface area contributed by atoms with Gasteiger partial charge in [0.15, 0.2) is 0 Å². The Morgan fingerprint density at radius 2 is 2.19 bits per heavy atom. The number of carbonyl (C=O) groups is 1. The van der Waals surface area contributed by atoms with Gasteiger partial charge in [0.2, 0.25) is 0 Å². The van der Waals surface area contributed by atoms with Crippen LogP contribution in [0.15, 0.2) is 10.9 Å². The summed E-state index contributed by atoms with van der Waals surface area (Å²) in [5.74, 6) is -0.425. The molecule has 0 aliphatic carbocycles. The molecular weight excluding hydrogens is 208 g/mol. The van der Waals surface area contributed by atoms with Crippen LogP contribution >= 0.6 is 0 Å². The van der Waals surface area contributed by atoms with Crippen molar-refractivity contribution in [2.24, 2.45) is 0 Å². The summed E-state index contributed by atoms with van der Waals surface area (Å²) in [6.45, 7) is 3.10. The first-order chi connectivity index (χ1) is 7.56. The van der Waals surface area contributed by atoms with Gasteiger partial charge in [-0.25, -0.2) is 4.79 Å². The van der Waals surface area contributed by atoms with Gasteiger partial charge in [-0.15, -0.1) is 0 Å². The van der Waals surface area contributed by atoms with Crippen LogP contribution in [0, 0.1) is 0 Å². The average Bonchev–Trinajstić information content (AvgIpc) is 2.60. The molecule has 0 amide bonds. The lowest BCUT2D eigenvalue weighted by Crippen LogP contribution is -2.23. The first-order valence-corrected chi connectivity index (χ1v) is 5.27. The van der Waals surface area contributed by atoms with Gasteiger partial charge >= 0.3 is 5.97 Å².